The third kappa shape index (κ3) is 3.20. The number of carbonyl (C=O) groups is 1. The Bertz CT molecular complexity index is 176. The predicted molar refractivity (Wildman–Crippen MR) is 58.3 cm³/mol. The summed E-state index contributed by atoms with van der Waals surface area (Å²) in [5.74, 6) is 0. The minimum absolute atomic E-state index is 0.126. The van der Waals surface area contributed by atoms with Crippen molar-refractivity contribution >= 4 is 6.03 Å². The van der Waals surface area contributed by atoms with Gasteiger partial charge in [-0.3, -0.25) is 0 Å². The maximum Gasteiger partial charge on any atom is 0.317 e. The van der Waals surface area contributed by atoms with Gasteiger partial charge in [-0.2, -0.15) is 0 Å². The number of nitrogens with one attached hydrogen (secondary N) is 1. The van der Waals surface area contributed by atoms with Gasteiger partial charge in [0, 0.05) is 19.1 Å². The molecule has 3 nitrogen and oxygen atoms in total. The molecule has 14 heavy (non-hydrogen) atoms. The molecule has 0 heterocycles. The van der Waals surface area contributed by atoms with Crippen molar-refractivity contribution < 1.29 is 4.79 Å². The van der Waals surface area contributed by atoms with Crippen molar-refractivity contribution in [2.45, 2.75) is 52.0 Å². The second kappa shape index (κ2) is 5.89. The van der Waals surface area contributed by atoms with Crippen LogP contribution in [0.3, 0.4) is 0 Å². The van der Waals surface area contributed by atoms with Crippen molar-refractivity contribution in [1.82, 2.24) is 10.2 Å². The van der Waals surface area contributed by atoms with Crippen LogP contribution >= 0.6 is 0 Å². The van der Waals surface area contributed by atoms with Crippen LogP contribution in [0.4, 0.5) is 4.79 Å². The minimum Gasteiger partial charge on any atom is -0.335 e. The molecule has 3 heteroatoms. The van der Waals surface area contributed by atoms with Crippen molar-refractivity contribution in [1.29, 1.82) is 0 Å². The van der Waals surface area contributed by atoms with E-state index in [0.29, 0.717) is 6.04 Å². The maximum atomic E-state index is 11.7. The highest BCUT2D eigenvalue weighted by molar-refractivity contribution is 5.74. The molecule has 1 rings (SSSR count). The van der Waals surface area contributed by atoms with Crippen molar-refractivity contribution in [3.8, 4) is 0 Å². The zero-order chi connectivity index (χ0) is 10.4. The molecule has 0 radical (unpaired) electrons. The van der Waals surface area contributed by atoms with Gasteiger partial charge in [0.15, 0.2) is 0 Å². The van der Waals surface area contributed by atoms with E-state index in [0.717, 1.165) is 32.4 Å². The number of carbonyl (C=O) groups excluding carboxylic acids is 1. The Hall–Kier alpha value is -0.730. The van der Waals surface area contributed by atoms with Gasteiger partial charge in [0.25, 0.3) is 0 Å². The molecule has 1 saturated carbocycles. The summed E-state index contributed by atoms with van der Waals surface area (Å²) in [6.07, 6.45) is 5.90. The van der Waals surface area contributed by atoms with Gasteiger partial charge in [0.1, 0.15) is 0 Å². The molecule has 0 aromatic carbocycles. The van der Waals surface area contributed by atoms with Crippen LogP contribution in [0.5, 0.6) is 0 Å². The molecule has 1 N–H and O–H groups in total. The van der Waals surface area contributed by atoms with Crippen LogP contribution < -0.4 is 5.32 Å². The summed E-state index contributed by atoms with van der Waals surface area (Å²) in [6.45, 7) is 5.82. The van der Waals surface area contributed by atoms with Gasteiger partial charge in [0.2, 0.25) is 0 Å². The van der Waals surface area contributed by atoms with Crippen LogP contribution in [-0.4, -0.2) is 30.1 Å². The second-order valence-electron chi connectivity index (χ2n) is 4.01. The van der Waals surface area contributed by atoms with Crippen LogP contribution in [-0.2, 0) is 0 Å². The number of urea groups is 1. The number of amides is 2. The number of nitrogens with zero attached hydrogens (tertiary/aromatic N) is 1. The fraction of sp³-hybridized carbons (Fsp3) is 0.909. The van der Waals surface area contributed by atoms with Crippen molar-refractivity contribution in [2.75, 3.05) is 13.1 Å². The van der Waals surface area contributed by atoms with Crippen LogP contribution in [0.1, 0.15) is 46.0 Å². The zero-order valence-electron chi connectivity index (χ0n) is 9.38. The molecular formula is C11H22N2O. The molecule has 0 saturated heterocycles. The largest absolute Gasteiger partial charge is 0.335 e. The Labute approximate surface area is 86.9 Å². The fourth-order valence-corrected chi connectivity index (χ4v) is 2.01. The lowest BCUT2D eigenvalue weighted by molar-refractivity contribution is 0.196. The summed E-state index contributed by atoms with van der Waals surface area (Å²) in [5, 5.41) is 3.10. The van der Waals surface area contributed by atoms with Crippen molar-refractivity contribution in [3.05, 3.63) is 0 Å². The first-order chi connectivity index (χ1) is 6.77. The zero-order valence-corrected chi connectivity index (χ0v) is 9.38. The van der Waals surface area contributed by atoms with E-state index < -0.39 is 0 Å². The van der Waals surface area contributed by atoms with E-state index in [9.17, 15) is 4.79 Å². The normalized spacial score (nSPS) is 17.0. The summed E-state index contributed by atoms with van der Waals surface area (Å²) in [6, 6.07) is 0.564. The van der Waals surface area contributed by atoms with Gasteiger partial charge < -0.3 is 10.2 Å². The molecule has 0 atom stereocenters. The van der Waals surface area contributed by atoms with Crippen LogP contribution in [0.15, 0.2) is 0 Å². The molecule has 82 valence electrons. The second-order valence-corrected chi connectivity index (χ2v) is 4.01. The topological polar surface area (TPSA) is 32.3 Å². The molecule has 0 spiro atoms. The highest BCUT2D eigenvalue weighted by Gasteiger charge is 2.19. The molecular weight excluding hydrogens is 176 g/mol. The van der Waals surface area contributed by atoms with Crippen LogP contribution in [0.25, 0.3) is 0 Å². The van der Waals surface area contributed by atoms with Crippen LogP contribution in [0, 0.1) is 0 Å². The fourth-order valence-electron chi connectivity index (χ4n) is 2.01. The van der Waals surface area contributed by atoms with E-state index in [4.69, 9.17) is 0 Å². The Kier molecular flexibility index (Phi) is 4.77. The lowest BCUT2D eigenvalue weighted by Gasteiger charge is -2.23. The van der Waals surface area contributed by atoms with Gasteiger partial charge in [-0.15, -0.1) is 0 Å². The monoisotopic (exact) mass is 198 g/mol. The molecule has 2 amide bonds. The lowest BCUT2D eigenvalue weighted by Crippen LogP contribution is -2.44. The first-order valence-electron chi connectivity index (χ1n) is 5.83. The van der Waals surface area contributed by atoms with Gasteiger partial charge in [-0.05, 0) is 26.2 Å². The van der Waals surface area contributed by atoms with E-state index >= 15 is 0 Å². The average molecular weight is 198 g/mol. The van der Waals surface area contributed by atoms with Gasteiger partial charge in [0.05, 0.1) is 0 Å². The van der Waals surface area contributed by atoms with E-state index in [2.05, 4.69) is 12.2 Å². The Morgan fingerprint density at radius 2 is 2.00 bits per heavy atom. The predicted octanol–water partition coefficient (Wildman–Crippen LogP) is 2.37. The highest BCUT2D eigenvalue weighted by Crippen LogP contribution is 2.17. The molecule has 0 unspecified atom stereocenters. The van der Waals surface area contributed by atoms with Crippen molar-refractivity contribution in [3.63, 3.8) is 0 Å². The summed E-state index contributed by atoms with van der Waals surface area (Å²) < 4.78 is 0. The smallest absolute Gasteiger partial charge is 0.317 e. The summed E-state index contributed by atoms with van der Waals surface area (Å²) in [4.78, 5) is 13.6. The molecule has 1 aliphatic carbocycles. The molecule has 0 aliphatic heterocycles. The van der Waals surface area contributed by atoms with Gasteiger partial charge >= 0.3 is 6.03 Å². The van der Waals surface area contributed by atoms with Gasteiger partial charge in [-0.1, -0.05) is 19.8 Å². The summed E-state index contributed by atoms with van der Waals surface area (Å²) in [7, 11) is 0. The minimum atomic E-state index is 0.126. The number of hydrogen-bond acceptors (Lipinski definition) is 1. The maximum absolute atomic E-state index is 11.7. The first-order valence-corrected chi connectivity index (χ1v) is 5.83. The Morgan fingerprint density at radius 1 is 1.36 bits per heavy atom. The number of rotatable bonds is 4. The molecule has 0 aromatic heterocycles. The lowest BCUT2D eigenvalue weighted by atomic mass is 10.2. The van der Waals surface area contributed by atoms with E-state index in [-0.39, 0.29) is 6.03 Å². The summed E-state index contributed by atoms with van der Waals surface area (Å²) in [5.41, 5.74) is 0. The average Bonchev–Trinajstić information content (AvgIpc) is 2.66. The van der Waals surface area contributed by atoms with Crippen LogP contribution in [0.2, 0.25) is 0 Å². The number of hydrogen-bond donors (Lipinski definition) is 1. The molecule has 0 bridgehead atoms. The quantitative estimate of drug-likeness (QED) is 0.739. The highest BCUT2D eigenvalue weighted by atomic mass is 16.2. The summed E-state index contributed by atoms with van der Waals surface area (Å²) >= 11 is 0. The molecule has 1 aliphatic rings. The Morgan fingerprint density at radius 3 is 2.50 bits per heavy atom. The third-order valence-electron chi connectivity index (χ3n) is 2.85. The molecule has 0 aromatic rings. The standard InChI is InChI=1S/C11H22N2O/c1-3-9-13(4-2)11(14)12-10-7-5-6-8-10/h10H,3-9H2,1-2H3,(H,12,14). The van der Waals surface area contributed by atoms with Crippen molar-refractivity contribution in [2.24, 2.45) is 0 Å². The molecule has 1 fully saturated rings. The Balaban J connectivity index is 2.30. The third-order valence-corrected chi connectivity index (χ3v) is 2.85. The van der Waals surface area contributed by atoms with Gasteiger partial charge in [-0.25, -0.2) is 4.79 Å². The SMILES string of the molecule is CCCN(CC)C(=O)NC1CCCC1. The van der Waals surface area contributed by atoms with E-state index in [1.165, 1.54) is 12.8 Å². The van der Waals surface area contributed by atoms with E-state index in [1.54, 1.807) is 0 Å². The first kappa shape index (κ1) is 11.3. The van der Waals surface area contributed by atoms with E-state index in [1.807, 2.05) is 11.8 Å².